The van der Waals surface area contributed by atoms with Crippen LogP contribution in [0.4, 0.5) is 14.5 Å². The number of halogens is 3. The number of amides is 2. The predicted octanol–water partition coefficient (Wildman–Crippen LogP) is 3.68. The average molecular weight is 560 g/mol. The summed E-state index contributed by atoms with van der Waals surface area (Å²) in [5, 5.41) is 2.78. The van der Waals surface area contributed by atoms with Gasteiger partial charge in [-0.05, 0) is 42.7 Å². The maximum Gasteiger partial charge on any atom is 0.244 e. The Labute approximate surface area is 207 Å². The molecule has 0 aromatic heterocycles. The molecule has 0 saturated carbocycles. The molecule has 2 aromatic rings. The number of anilines is 1. The van der Waals surface area contributed by atoms with E-state index in [1.54, 1.807) is 31.2 Å². The topological polar surface area (TPSA) is 86.8 Å². The second-order valence-corrected chi connectivity index (χ2v) is 11.2. The van der Waals surface area contributed by atoms with Gasteiger partial charge in [-0.15, -0.1) is 0 Å². The monoisotopic (exact) mass is 559 g/mol. The molecule has 1 atom stereocenters. The van der Waals surface area contributed by atoms with Crippen LogP contribution in [-0.2, 0) is 26.2 Å². The van der Waals surface area contributed by atoms with Gasteiger partial charge in [0.05, 0.1) is 11.9 Å². The van der Waals surface area contributed by atoms with Crippen LogP contribution in [0.3, 0.4) is 0 Å². The molecule has 2 amide bonds. The van der Waals surface area contributed by atoms with Crippen molar-refractivity contribution in [1.29, 1.82) is 0 Å². The van der Waals surface area contributed by atoms with Crippen LogP contribution in [-0.4, -0.2) is 50.5 Å². The number of hydrogen-bond acceptors (Lipinski definition) is 4. The van der Waals surface area contributed by atoms with Crippen molar-refractivity contribution in [3.8, 4) is 0 Å². The Balaban J connectivity index is 2.37. The molecule has 0 fully saturated rings. The van der Waals surface area contributed by atoms with Crippen molar-refractivity contribution < 1.29 is 26.8 Å². The van der Waals surface area contributed by atoms with Crippen molar-refractivity contribution in [2.24, 2.45) is 5.92 Å². The van der Waals surface area contributed by atoms with Gasteiger partial charge in [-0.1, -0.05) is 41.9 Å². The number of benzene rings is 2. The molecule has 186 valence electrons. The number of carbonyl (C=O) groups is 2. The van der Waals surface area contributed by atoms with E-state index in [0.29, 0.717) is 16.9 Å². The van der Waals surface area contributed by atoms with Crippen LogP contribution in [0.5, 0.6) is 0 Å². The van der Waals surface area contributed by atoms with Crippen molar-refractivity contribution in [3.63, 3.8) is 0 Å². The third-order valence-corrected chi connectivity index (χ3v) is 6.66. The van der Waals surface area contributed by atoms with Gasteiger partial charge in [0.2, 0.25) is 21.8 Å². The van der Waals surface area contributed by atoms with Gasteiger partial charge in [0.1, 0.15) is 12.6 Å². The Bertz CT molecular complexity index is 1130. The van der Waals surface area contributed by atoms with Gasteiger partial charge in [0.25, 0.3) is 0 Å². The van der Waals surface area contributed by atoms with Crippen molar-refractivity contribution in [1.82, 2.24) is 10.2 Å². The zero-order valence-corrected chi connectivity index (χ0v) is 21.8. The molecule has 2 rings (SSSR count). The Morgan fingerprint density at radius 3 is 2.18 bits per heavy atom. The van der Waals surface area contributed by atoms with E-state index in [9.17, 15) is 26.8 Å². The van der Waals surface area contributed by atoms with E-state index in [2.05, 4.69) is 21.2 Å². The van der Waals surface area contributed by atoms with Crippen LogP contribution in [0.1, 0.15) is 26.3 Å². The molecule has 34 heavy (non-hydrogen) atoms. The smallest absolute Gasteiger partial charge is 0.244 e. The normalized spacial score (nSPS) is 12.4. The maximum absolute atomic E-state index is 13.8. The Morgan fingerprint density at radius 1 is 1.03 bits per heavy atom. The number of carbonyl (C=O) groups excluding carboxylic acids is 2. The van der Waals surface area contributed by atoms with Gasteiger partial charge in [-0.25, -0.2) is 17.2 Å². The molecule has 1 unspecified atom stereocenters. The summed E-state index contributed by atoms with van der Waals surface area (Å²) in [6, 6.07) is 8.76. The molecule has 0 aliphatic rings. The number of rotatable bonds is 10. The molecule has 7 nitrogen and oxygen atoms in total. The number of nitrogens with zero attached hydrogens (tertiary/aromatic N) is 2. The maximum atomic E-state index is 13.8. The first-order chi connectivity index (χ1) is 15.8. The largest absolute Gasteiger partial charge is 0.354 e. The van der Waals surface area contributed by atoms with E-state index in [4.69, 9.17) is 0 Å². The van der Waals surface area contributed by atoms with Crippen LogP contribution in [0.25, 0.3) is 0 Å². The molecule has 0 heterocycles. The van der Waals surface area contributed by atoms with Gasteiger partial charge in [0, 0.05) is 23.6 Å². The summed E-state index contributed by atoms with van der Waals surface area (Å²) < 4.78 is 53.5. The van der Waals surface area contributed by atoms with Crippen molar-refractivity contribution in [2.45, 2.75) is 33.4 Å². The van der Waals surface area contributed by atoms with E-state index >= 15 is 0 Å². The lowest BCUT2D eigenvalue weighted by molar-refractivity contribution is -0.139. The SMILES string of the molecule is CC(C)CNC(=O)C(C)N(Cc1ccc(Br)cc1)C(=O)CN(c1ccc(F)c(F)c1)S(C)(=O)=O. The number of nitrogens with one attached hydrogen (secondary N) is 1. The summed E-state index contributed by atoms with van der Waals surface area (Å²) in [5.41, 5.74) is 0.522. The zero-order valence-electron chi connectivity index (χ0n) is 19.4. The lowest BCUT2D eigenvalue weighted by atomic mass is 10.1. The van der Waals surface area contributed by atoms with Gasteiger partial charge in [0.15, 0.2) is 11.6 Å². The van der Waals surface area contributed by atoms with Gasteiger partial charge >= 0.3 is 0 Å². The van der Waals surface area contributed by atoms with Crippen molar-refractivity contribution in [3.05, 3.63) is 64.1 Å². The van der Waals surface area contributed by atoms with E-state index in [-0.39, 0.29) is 18.2 Å². The van der Waals surface area contributed by atoms with E-state index in [1.807, 2.05) is 13.8 Å². The van der Waals surface area contributed by atoms with E-state index in [1.165, 1.54) is 4.90 Å². The fourth-order valence-corrected chi connectivity index (χ4v) is 4.18. The highest BCUT2D eigenvalue weighted by molar-refractivity contribution is 9.10. The van der Waals surface area contributed by atoms with Crippen LogP contribution < -0.4 is 9.62 Å². The molecule has 0 spiro atoms. The lowest BCUT2D eigenvalue weighted by Gasteiger charge is -2.31. The highest BCUT2D eigenvalue weighted by Crippen LogP contribution is 2.22. The summed E-state index contributed by atoms with van der Waals surface area (Å²) in [6.45, 7) is 5.17. The Hall–Kier alpha value is -2.53. The van der Waals surface area contributed by atoms with Crippen LogP contribution in [0.15, 0.2) is 46.9 Å². The summed E-state index contributed by atoms with van der Waals surface area (Å²) in [4.78, 5) is 27.3. The third kappa shape index (κ3) is 7.76. The first-order valence-electron chi connectivity index (χ1n) is 10.5. The molecule has 0 bridgehead atoms. The second kappa shape index (κ2) is 11.7. The molecule has 0 aliphatic carbocycles. The van der Waals surface area contributed by atoms with Gasteiger partial charge < -0.3 is 10.2 Å². The van der Waals surface area contributed by atoms with Crippen molar-refractivity contribution in [2.75, 3.05) is 23.7 Å². The summed E-state index contributed by atoms with van der Waals surface area (Å²) in [7, 11) is -4.03. The first-order valence-corrected chi connectivity index (χ1v) is 13.2. The molecule has 11 heteroatoms. The fraction of sp³-hybridized carbons (Fsp3) is 0.391. The first kappa shape index (κ1) is 27.7. The van der Waals surface area contributed by atoms with Gasteiger partial charge in [-0.3, -0.25) is 13.9 Å². The average Bonchev–Trinajstić information content (AvgIpc) is 2.76. The quantitative estimate of drug-likeness (QED) is 0.481. The molecule has 1 N–H and O–H groups in total. The summed E-state index contributed by atoms with van der Waals surface area (Å²) >= 11 is 3.34. The second-order valence-electron chi connectivity index (χ2n) is 8.33. The molecule has 0 saturated heterocycles. The predicted molar refractivity (Wildman–Crippen MR) is 131 cm³/mol. The van der Waals surface area contributed by atoms with E-state index < -0.39 is 46.1 Å². The minimum atomic E-state index is -4.03. The molecular formula is C23H28BrF2N3O4S. The van der Waals surface area contributed by atoms with Crippen LogP contribution >= 0.6 is 15.9 Å². The van der Waals surface area contributed by atoms with Crippen LogP contribution in [0, 0.1) is 17.6 Å². The summed E-state index contributed by atoms with van der Waals surface area (Å²) in [6.07, 6.45) is 0.860. The molecule has 2 aromatic carbocycles. The lowest BCUT2D eigenvalue weighted by Crippen LogP contribution is -2.51. The van der Waals surface area contributed by atoms with Crippen LogP contribution in [0.2, 0.25) is 0 Å². The van der Waals surface area contributed by atoms with E-state index in [0.717, 1.165) is 28.4 Å². The fourth-order valence-electron chi connectivity index (χ4n) is 3.08. The minimum Gasteiger partial charge on any atom is -0.354 e. The Morgan fingerprint density at radius 2 is 1.65 bits per heavy atom. The van der Waals surface area contributed by atoms with Crippen molar-refractivity contribution >= 4 is 43.5 Å². The molecule has 0 aliphatic heterocycles. The molecule has 0 radical (unpaired) electrons. The number of sulfonamides is 1. The minimum absolute atomic E-state index is 0.0394. The Kier molecular flexibility index (Phi) is 9.57. The highest BCUT2D eigenvalue weighted by atomic mass is 79.9. The number of hydrogen-bond donors (Lipinski definition) is 1. The van der Waals surface area contributed by atoms with Gasteiger partial charge in [-0.2, -0.15) is 0 Å². The third-order valence-electron chi connectivity index (χ3n) is 4.99. The molecular weight excluding hydrogens is 532 g/mol. The summed E-state index contributed by atoms with van der Waals surface area (Å²) in [5.74, 6) is -3.26. The highest BCUT2D eigenvalue weighted by Gasteiger charge is 2.30. The standard InChI is InChI=1S/C23H28BrF2N3O4S/c1-15(2)12-27-23(31)16(3)28(13-17-5-7-18(24)8-6-17)22(30)14-29(34(4,32)33)19-9-10-20(25)21(26)11-19/h5-11,15-16H,12-14H2,1-4H3,(H,27,31). The zero-order chi connectivity index (χ0) is 25.6.